The van der Waals surface area contributed by atoms with E-state index in [1.54, 1.807) is 13.1 Å². The first-order valence-electron chi connectivity index (χ1n) is 6.74. The summed E-state index contributed by atoms with van der Waals surface area (Å²) in [7, 11) is 1.65. The van der Waals surface area contributed by atoms with Crippen molar-refractivity contribution in [2.45, 2.75) is 18.9 Å². The van der Waals surface area contributed by atoms with Crippen LogP contribution in [0.15, 0.2) is 27.8 Å². The minimum absolute atomic E-state index is 0.0325. The summed E-state index contributed by atoms with van der Waals surface area (Å²) in [4.78, 5) is 25.0. The van der Waals surface area contributed by atoms with Crippen LogP contribution in [0.25, 0.3) is 10.9 Å². The van der Waals surface area contributed by atoms with E-state index in [2.05, 4.69) is 5.32 Å². The second-order valence-corrected chi connectivity index (χ2v) is 5.20. The standard InChI is InChI=1S/C14H17N3O3/c1-16-12-3-2-10(18)8-11(12)13(19)17(14(16)20)9-4-6-15-7-5-9/h2-3,8-9,15,18H,4-7H2,1H3. The second kappa shape index (κ2) is 4.79. The van der Waals surface area contributed by atoms with Gasteiger partial charge in [-0.25, -0.2) is 4.79 Å². The zero-order chi connectivity index (χ0) is 14.3. The molecule has 1 fully saturated rings. The summed E-state index contributed by atoms with van der Waals surface area (Å²) in [6.07, 6.45) is 1.53. The van der Waals surface area contributed by atoms with Crippen LogP contribution in [0.3, 0.4) is 0 Å². The van der Waals surface area contributed by atoms with Crippen LogP contribution in [0.4, 0.5) is 0 Å². The quantitative estimate of drug-likeness (QED) is 0.786. The van der Waals surface area contributed by atoms with Crippen LogP contribution in [0.1, 0.15) is 18.9 Å². The number of hydrogen-bond donors (Lipinski definition) is 2. The molecule has 2 N–H and O–H groups in total. The Labute approximate surface area is 115 Å². The molecular formula is C14H17N3O3. The fraction of sp³-hybridized carbons (Fsp3) is 0.429. The van der Waals surface area contributed by atoms with Crippen molar-refractivity contribution in [3.63, 3.8) is 0 Å². The van der Waals surface area contributed by atoms with Crippen LogP contribution < -0.4 is 16.6 Å². The average Bonchev–Trinajstić information content (AvgIpc) is 2.46. The highest BCUT2D eigenvalue weighted by Gasteiger charge is 2.21. The Hall–Kier alpha value is -2.08. The molecular weight excluding hydrogens is 258 g/mol. The van der Waals surface area contributed by atoms with Crippen molar-refractivity contribution >= 4 is 10.9 Å². The topological polar surface area (TPSA) is 76.3 Å². The van der Waals surface area contributed by atoms with Crippen LogP contribution in [-0.4, -0.2) is 27.3 Å². The highest BCUT2D eigenvalue weighted by Crippen LogP contribution is 2.18. The van der Waals surface area contributed by atoms with E-state index >= 15 is 0 Å². The van der Waals surface area contributed by atoms with Crippen LogP contribution in [0.5, 0.6) is 5.75 Å². The average molecular weight is 275 g/mol. The molecule has 0 spiro atoms. The fourth-order valence-electron chi connectivity index (χ4n) is 2.86. The summed E-state index contributed by atoms with van der Waals surface area (Å²) in [6, 6.07) is 4.43. The van der Waals surface area contributed by atoms with Crippen LogP contribution in [0.2, 0.25) is 0 Å². The predicted octanol–water partition coefficient (Wildman–Crippen LogP) is 0.330. The fourth-order valence-corrected chi connectivity index (χ4v) is 2.86. The monoisotopic (exact) mass is 275 g/mol. The lowest BCUT2D eigenvalue weighted by molar-refractivity contribution is 0.347. The highest BCUT2D eigenvalue weighted by molar-refractivity contribution is 5.79. The Bertz CT molecular complexity index is 770. The summed E-state index contributed by atoms with van der Waals surface area (Å²) in [5.41, 5.74) is -0.0611. The first-order valence-corrected chi connectivity index (χ1v) is 6.74. The van der Waals surface area contributed by atoms with E-state index in [1.165, 1.54) is 21.3 Å². The molecule has 0 bridgehead atoms. The van der Waals surface area contributed by atoms with Gasteiger partial charge in [0.05, 0.1) is 10.9 Å². The summed E-state index contributed by atoms with van der Waals surface area (Å²) in [6.45, 7) is 1.61. The Morgan fingerprint density at radius 2 is 1.95 bits per heavy atom. The van der Waals surface area contributed by atoms with Gasteiger partial charge in [-0.1, -0.05) is 0 Å². The van der Waals surface area contributed by atoms with Gasteiger partial charge in [-0.3, -0.25) is 13.9 Å². The molecule has 20 heavy (non-hydrogen) atoms. The molecule has 3 rings (SSSR count). The molecule has 1 aromatic heterocycles. The number of aryl methyl sites for hydroxylation is 1. The molecule has 0 atom stereocenters. The molecule has 0 saturated carbocycles. The minimum Gasteiger partial charge on any atom is -0.508 e. The molecule has 1 aromatic carbocycles. The van der Waals surface area contributed by atoms with E-state index in [0.29, 0.717) is 10.9 Å². The molecule has 1 aliphatic heterocycles. The maximum atomic E-state index is 12.6. The Kier molecular flexibility index (Phi) is 3.10. The number of hydrogen-bond acceptors (Lipinski definition) is 4. The summed E-state index contributed by atoms with van der Waals surface area (Å²) >= 11 is 0. The Morgan fingerprint density at radius 1 is 1.25 bits per heavy atom. The molecule has 1 saturated heterocycles. The molecule has 0 radical (unpaired) electrons. The van der Waals surface area contributed by atoms with E-state index in [0.717, 1.165) is 25.9 Å². The van der Waals surface area contributed by atoms with Gasteiger partial charge in [0.25, 0.3) is 5.56 Å². The van der Waals surface area contributed by atoms with Gasteiger partial charge in [0.15, 0.2) is 0 Å². The van der Waals surface area contributed by atoms with Crippen molar-refractivity contribution < 1.29 is 5.11 Å². The maximum Gasteiger partial charge on any atom is 0.331 e. The maximum absolute atomic E-state index is 12.6. The van der Waals surface area contributed by atoms with Crippen molar-refractivity contribution in [1.29, 1.82) is 0 Å². The summed E-state index contributed by atoms with van der Waals surface area (Å²) in [5, 5.41) is 13.2. The largest absolute Gasteiger partial charge is 0.508 e. The molecule has 0 unspecified atom stereocenters. The number of aromatic nitrogens is 2. The Balaban J connectivity index is 2.32. The van der Waals surface area contributed by atoms with Crippen molar-refractivity contribution in [2.75, 3.05) is 13.1 Å². The molecule has 1 aliphatic rings. The normalized spacial score (nSPS) is 16.6. The Morgan fingerprint density at radius 3 is 2.65 bits per heavy atom. The first-order chi connectivity index (χ1) is 9.59. The third-order valence-electron chi connectivity index (χ3n) is 3.96. The molecule has 6 heteroatoms. The lowest BCUT2D eigenvalue weighted by Gasteiger charge is -2.24. The molecule has 6 nitrogen and oxygen atoms in total. The molecule has 0 aliphatic carbocycles. The molecule has 2 heterocycles. The number of benzene rings is 1. The molecule has 2 aromatic rings. The number of phenolic OH excluding ortho intramolecular Hbond substituents is 1. The number of piperidine rings is 1. The number of phenols is 1. The van der Waals surface area contributed by atoms with Gasteiger partial charge in [-0.05, 0) is 44.1 Å². The zero-order valence-corrected chi connectivity index (χ0v) is 11.3. The second-order valence-electron chi connectivity index (χ2n) is 5.20. The van der Waals surface area contributed by atoms with Crippen molar-refractivity contribution in [3.8, 4) is 5.75 Å². The van der Waals surface area contributed by atoms with Crippen molar-refractivity contribution in [2.24, 2.45) is 7.05 Å². The van der Waals surface area contributed by atoms with Gasteiger partial charge < -0.3 is 10.4 Å². The lowest BCUT2D eigenvalue weighted by Crippen LogP contribution is -2.44. The van der Waals surface area contributed by atoms with Gasteiger partial charge in [-0.2, -0.15) is 0 Å². The SMILES string of the molecule is Cn1c(=O)n(C2CCNCC2)c(=O)c2cc(O)ccc21. The van der Waals surface area contributed by atoms with Crippen LogP contribution in [0, 0.1) is 0 Å². The zero-order valence-electron chi connectivity index (χ0n) is 11.3. The number of fused-ring (bicyclic) bond motifs is 1. The van der Waals surface area contributed by atoms with Crippen LogP contribution >= 0.6 is 0 Å². The third-order valence-corrected chi connectivity index (χ3v) is 3.96. The van der Waals surface area contributed by atoms with E-state index in [-0.39, 0.29) is 23.0 Å². The first kappa shape index (κ1) is 12.9. The highest BCUT2D eigenvalue weighted by atomic mass is 16.3. The number of nitrogens with zero attached hydrogens (tertiary/aromatic N) is 2. The molecule has 106 valence electrons. The van der Waals surface area contributed by atoms with Gasteiger partial charge in [-0.15, -0.1) is 0 Å². The van der Waals surface area contributed by atoms with Gasteiger partial charge in [0.1, 0.15) is 5.75 Å². The van der Waals surface area contributed by atoms with E-state index in [1.807, 2.05) is 0 Å². The number of aromatic hydroxyl groups is 1. The number of nitrogens with one attached hydrogen (secondary N) is 1. The molecule has 0 amide bonds. The van der Waals surface area contributed by atoms with E-state index in [9.17, 15) is 14.7 Å². The van der Waals surface area contributed by atoms with Gasteiger partial charge in [0.2, 0.25) is 0 Å². The smallest absolute Gasteiger partial charge is 0.331 e. The van der Waals surface area contributed by atoms with Crippen molar-refractivity contribution in [3.05, 3.63) is 39.0 Å². The summed E-state index contributed by atoms with van der Waals surface area (Å²) in [5.74, 6) is 0.0325. The van der Waals surface area contributed by atoms with Gasteiger partial charge in [0, 0.05) is 13.1 Å². The van der Waals surface area contributed by atoms with E-state index in [4.69, 9.17) is 0 Å². The lowest BCUT2D eigenvalue weighted by atomic mass is 10.1. The predicted molar refractivity (Wildman–Crippen MR) is 76.3 cm³/mol. The van der Waals surface area contributed by atoms with Crippen LogP contribution in [-0.2, 0) is 7.05 Å². The summed E-state index contributed by atoms with van der Waals surface area (Å²) < 4.78 is 2.81. The van der Waals surface area contributed by atoms with Gasteiger partial charge >= 0.3 is 5.69 Å². The third kappa shape index (κ3) is 1.92. The van der Waals surface area contributed by atoms with E-state index < -0.39 is 0 Å². The minimum atomic E-state index is -0.314. The number of rotatable bonds is 1. The van der Waals surface area contributed by atoms with Crippen molar-refractivity contribution in [1.82, 2.24) is 14.5 Å².